The molecule has 1 rings (SSSR count). The lowest BCUT2D eigenvalue weighted by Crippen LogP contribution is -2.36. The fourth-order valence-corrected chi connectivity index (χ4v) is 3.20. The Morgan fingerprint density at radius 3 is 2.40 bits per heavy atom. The minimum absolute atomic E-state index is 0.198. The second-order valence-electron chi connectivity index (χ2n) is 7.49. The minimum atomic E-state index is -0.292. The Labute approximate surface area is 124 Å². The van der Waals surface area contributed by atoms with Crippen LogP contribution in [-0.2, 0) is 9.59 Å². The van der Waals surface area contributed by atoms with Gasteiger partial charge in [0.15, 0.2) is 0 Å². The second kappa shape index (κ2) is 7.95. The molecule has 1 aliphatic carbocycles. The van der Waals surface area contributed by atoms with Crippen LogP contribution in [0.1, 0.15) is 85.5 Å². The van der Waals surface area contributed by atoms with E-state index in [0.29, 0.717) is 18.8 Å². The lowest BCUT2D eigenvalue weighted by atomic mass is 9.67. The third kappa shape index (κ3) is 5.38. The SMILES string of the molecule is CCCCCCCC(=O)C1CC(C(C)(C)C)CCC1=O. The molecule has 0 spiro atoms. The normalized spacial score (nSPS) is 23.9. The average molecular weight is 280 g/mol. The molecular weight excluding hydrogens is 248 g/mol. The zero-order chi connectivity index (χ0) is 15.2. The summed E-state index contributed by atoms with van der Waals surface area (Å²) >= 11 is 0. The largest absolute Gasteiger partial charge is 0.299 e. The van der Waals surface area contributed by atoms with Crippen LogP contribution in [0.3, 0.4) is 0 Å². The Balaban J connectivity index is 2.42. The zero-order valence-electron chi connectivity index (χ0n) is 13.8. The van der Waals surface area contributed by atoms with Crippen LogP contribution in [0.25, 0.3) is 0 Å². The quantitative estimate of drug-likeness (QED) is 0.488. The third-order valence-corrected chi connectivity index (χ3v) is 4.79. The van der Waals surface area contributed by atoms with Gasteiger partial charge in [0, 0.05) is 12.8 Å². The van der Waals surface area contributed by atoms with E-state index in [2.05, 4.69) is 27.7 Å². The number of rotatable bonds is 7. The van der Waals surface area contributed by atoms with Crippen LogP contribution in [0.2, 0.25) is 0 Å². The van der Waals surface area contributed by atoms with Crippen LogP contribution in [0.15, 0.2) is 0 Å². The predicted octanol–water partition coefficient (Wildman–Crippen LogP) is 4.95. The lowest BCUT2D eigenvalue weighted by molar-refractivity contribution is -0.136. The van der Waals surface area contributed by atoms with Crippen LogP contribution in [-0.4, -0.2) is 11.6 Å². The van der Waals surface area contributed by atoms with Gasteiger partial charge in [0.05, 0.1) is 5.92 Å². The van der Waals surface area contributed by atoms with Crippen LogP contribution < -0.4 is 0 Å². The van der Waals surface area contributed by atoms with E-state index >= 15 is 0 Å². The number of ketones is 2. The fourth-order valence-electron chi connectivity index (χ4n) is 3.20. The molecule has 0 radical (unpaired) electrons. The first-order valence-corrected chi connectivity index (χ1v) is 8.41. The van der Waals surface area contributed by atoms with Gasteiger partial charge in [-0.25, -0.2) is 0 Å². The molecule has 2 heteroatoms. The maximum Gasteiger partial charge on any atom is 0.143 e. The van der Waals surface area contributed by atoms with Crippen LogP contribution in [0.5, 0.6) is 0 Å². The van der Waals surface area contributed by atoms with E-state index in [9.17, 15) is 9.59 Å². The van der Waals surface area contributed by atoms with Crippen molar-refractivity contribution in [2.24, 2.45) is 17.3 Å². The number of hydrogen-bond donors (Lipinski definition) is 0. The van der Waals surface area contributed by atoms with Gasteiger partial charge in [-0.2, -0.15) is 0 Å². The molecule has 2 atom stereocenters. The van der Waals surface area contributed by atoms with E-state index in [-0.39, 0.29) is 22.9 Å². The van der Waals surface area contributed by atoms with Crippen molar-refractivity contribution in [2.75, 3.05) is 0 Å². The van der Waals surface area contributed by atoms with Crippen molar-refractivity contribution in [3.8, 4) is 0 Å². The van der Waals surface area contributed by atoms with Crippen molar-refractivity contribution in [3.05, 3.63) is 0 Å². The minimum Gasteiger partial charge on any atom is -0.299 e. The Morgan fingerprint density at radius 1 is 1.15 bits per heavy atom. The average Bonchev–Trinajstić information content (AvgIpc) is 2.37. The molecule has 1 saturated carbocycles. The number of Topliss-reactive ketones (excluding diaryl/α,β-unsaturated/α-hetero) is 2. The molecule has 0 saturated heterocycles. The standard InChI is InChI=1S/C18H32O2/c1-5-6-7-8-9-10-16(19)15-13-14(18(2,3)4)11-12-17(15)20/h14-15H,5-13H2,1-4H3. The number of carbonyl (C=O) groups excluding carboxylic acids is 2. The summed E-state index contributed by atoms with van der Waals surface area (Å²) in [7, 11) is 0. The Hall–Kier alpha value is -0.660. The van der Waals surface area contributed by atoms with Gasteiger partial charge < -0.3 is 0 Å². The summed E-state index contributed by atoms with van der Waals surface area (Å²) < 4.78 is 0. The van der Waals surface area contributed by atoms with Crippen LogP contribution in [0, 0.1) is 17.3 Å². The van der Waals surface area contributed by atoms with E-state index in [1.54, 1.807) is 0 Å². The first-order valence-electron chi connectivity index (χ1n) is 8.41. The van der Waals surface area contributed by atoms with Gasteiger partial charge in [-0.15, -0.1) is 0 Å². The van der Waals surface area contributed by atoms with Gasteiger partial charge in [-0.05, 0) is 30.6 Å². The number of carbonyl (C=O) groups is 2. The molecule has 0 aromatic rings. The topological polar surface area (TPSA) is 34.1 Å². The summed E-state index contributed by atoms with van der Waals surface area (Å²) in [5.41, 5.74) is 0.209. The Kier molecular flexibility index (Phi) is 6.91. The molecule has 1 fully saturated rings. The van der Waals surface area contributed by atoms with Crippen molar-refractivity contribution in [1.82, 2.24) is 0 Å². The summed E-state index contributed by atoms with van der Waals surface area (Å²) in [4.78, 5) is 24.3. The molecule has 116 valence electrons. The highest BCUT2D eigenvalue weighted by atomic mass is 16.1. The number of hydrogen-bond acceptors (Lipinski definition) is 2. The highest BCUT2D eigenvalue weighted by Crippen LogP contribution is 2.39. The highest BCUT2D eigenvalue weighted by Gasteiger charge is 2.37. The predicted molar refractivity (Wildman–Crippen MR) is 83.7 cm³/mol. The molecule has 0 amide bonds. The summed E-state index contributed by atoms with van der Waals surface area (Å²) in [5.74, 6) is 0.623. The smallest absolute Gasteiger partial charge is 0.143 e. The summed E-state index contributed by atoms with van der Waals surface area (Å²) in [6.07, 6.45) is 8.74. The summed E-state index contributed by atoms with van der Waals surface area (Å²) in [5, 5.41) is 0. The van der Waals surface area contributed by atoms with Gasteiger partial charge in [0.2, 0.25) is 0 Å². The van der Waals surface area contributed by atoms with Crippen molar-refractivity contribution in [1.29, 1.82) is 0 Å². The maximum absolute atomic E-state index is 12.3. The molecule has 0 aliphatic heterocycles. The van der Waals surface area contributed by atoms with E-state index in [4.69, 9.17) is 0 Å². The molecule has 0 N–H and O–H groups in total. The van der Waals surface area contributed by atoms with Crippen molar-refractivity contribution < 1.29 is 9.59 Å². The molecule has 0 heterocycles. The van der Waals surface area contributed by atoms with E-state index in [0.717, 1.165) is 25.7 Å². The number of unbranched alkanes of at least 4 members (excludes halogenated alkanes) is 4. The highest BCUT2D eigenvalue weighted by molar-refractivity contribution is 6.02. The van der Waals surface area contributed by atoms with Gasteiger partial charge in [-0.3, -0.25) is 9.59 Å². The first-order chi connectivity index (χ1) is 9.36. The van der Waals surface area contributed by atoms with Gasteiger partial charge in [0.1, 0.15) is 11.6 Å². The fraction of sp³-hybridized carbons (Fsp3) is 0.889. The van der Waals surface area contributed by atoms with Gasteiger partial charge in [-0.1, -0.05) is 53.4 Å². The van der Waals surface area contributed by atoms with Crippen molar-refractivity contribution in [3.63, 3.8) is 0 Å². The Morgan fingerprint density at radius 2 is 1.80 bits per heavy atom. The van der Waals surface area contributed by atoms with Gasteiger partial charge in [0.25, 0.3) is 0 Å². The molecule has 0 bridgehead atoms. The van der Waals surface area contributed by atoms with E-state index < -0.39 is 0 Å². The molecule has 2 nitrogen and oxygen atoms in total. The van der Waals surface area contributed by atoms with Crippen LogP contribution >= 0.6 is 0 Å². The molecule has 20 heavy (non-hydrogen) atoms. The maximum atomic E-state index is 12.3. The molecule has 0 aromatic carbocycles. The lowest BCUT2D eigenvalue weighted by Gasteiger charge is -2.36. The molecule has 1 aliphatic rings. The summed E-state index contributed by atoms with van der Waals surface area (Å²) in [6.45, 7) is 8.86. The van der Waals surface area contributed by atoms with E-state index in [1.807, 2.05) is 0 Å². The van der Waals surface area contributed by atoms with Crippen molar-refractivity contribution in [2.45, 2.75) is 85.5 Å². The molecule has 2 unspecified atom stereocenters. The first kappa shape index (κ1) is 17.4. The third-order valence-electron chi connectivity index (χ3n) is 4.79. The molecule has 0 aromatic heterocycles. The van der Waals surface area contributed by atoms with E-state index in [1.165, 1.54) is 19.3 Å². The monoisotopic (exact) mass is 280 g/mol. The molecular formula is C18H32O2. The second-order valence-corrected chi connectivity index (χ2v) is 7.49. The van der Waals surface area contributed by atoms with Gasteiger partial charge >= 0.3 is 0 Å². The van der Waals surface area contributed by atoms with Crippen molar-refractivity contribution >= 4 is 11.6 Å². The van der Waals surface area contributed by atoms with Crippen LogP contribution in [0.4, 0.5) is 0 Å². The zero-order valence-corrected chi connectivity index (χ0v) is 13.8. The summed E-state index contributed by atoms with van der Waals surface area (Å²) in [6, 6.07) is 0. The Bertz CT molecular complexity index is 325.